The van der Waals surface area contributed by atoms with E-state index in [4.69, 9.17) is 14.8 Å². The molecule has 0 radical (unpaired) electrons. The van der Waals surface area contributed by atoms with Crippen LogP contribution in [-0.2, 0) is 16.0 Å². The largest absolute Gasteiger partial charge is 0.493 e. The fourth-order valence-corrected chi connectivity index (χ4v) is 5.02. The van der Waals surface area contributed by atoms with Gasteiger partial charge in [-0.3, -0.25) is 9.59 Å². The van der Waals surface area contributed by atoms with E-state index in [1.807, 2.05) is 55.5 Å². The molecule has 0 aliphatic heterocycles. The molecule has 2 N–H and O–H groups in total. The molecule has 4 rings (SSSR count). The van der Waals surface area contributed by atoms with Crippen molar-refractivity contribution in [2.45, 2.75) is 26.2 Å². The monoisotopic (exact) mass is 540 g/mol. The first-order chi connectivity index (χ1) is 18.9. The third-order valence-electron chi connectivity index (χ3n) is 5.81. The van der Waals surface area contributed by atoms with Crippen LogP contribution < -0.4 is 10.1 Å². The molecule has 0 aliphatic carbocycles. The van der Waals surface area contributed by atoms with Crippen LogP contribution in [-0.4, -0.2) is 34.4 Å². The van der Waals surface area contributed by atoms with Crippen LogP contribution in [0.3, 0.4) is 0 Å². The number of nitrogens with one attached hydrogen (secondary N) is 1. The van der Waals surface area contributed by atoms with Gasteiger partial charge in [-0.25, -0.2) is 9.78 Å². The Balaban J connectivity index is 1.44. The van der Waals surface area contributed by atoms with E-state index in [-0.39, 0.29) is 24.5 Å². The standard InChI is InChI=1S/C31H28N2O5S/c1-2-38-26-16-13-23(20-24(26)14-18-29(36)37)25(34)15-17-28(35)32-31-33-30(22-11-7-4-8-12-22)27(39-31)19-21-9-5-3-6-10-21/h3-14,16,18,20H,2,15,17,19H2,1H3,(H,36,37)(H,32,33,35)/b18-14+. The Morgan fingerprint density at radius 2 is 1.69 bits per heavy atom. The lowest BCUT2D eigenvalue weighted by atomic mass is 10.0. The second-order valence-corrected chi connectivity index (χ2v) is 9.73. The minimum absolute atomic E-state index is 0.00428. The van der Waals surface area contributed by atoms with Crippen molar-refractivity contribution >= 4 is 40.2 Å². The molecule has 0 atom stereocenters. The van der Waals surface area contributed by atoms with E-state index < -0.39 is 5.97 Å². The first-order valence-corrected chi connectivity index (χ1v) is 13.3. The number of carbonyl (C=O) groups excluding carboxylic acids is 2. The van der Waals surface area contributed by atoms with Gasteiger partial charge in [0.15, 0.2) is 10.9 Å². The number of amides is 1. The molecule has 0 saturated heterocycles. The van der Waals surface area contributed by atoms with Gasteiger partial charge in [0.25, 0.3) is 0 Å². The number of carboxylic acid groups (broad SMARTS) is 1. The van der Waals surface area contributed by atoms with Gasteiger partial charge in [0.1, 0.15) is 5.75 Å². The van der Waals surface area contributed by atoms with Crippen LogP contribution in [0, 0.1) is 0 Å². The predicted octanol–water partition coefficient (Wildman–Crippen LogP) is 6.50. The zero-order valence-electron chi connectivity index (χ0n) is 21.4. The molecule has 0 saturated carbocycles. The van der Waals surface area contributed by atoms with Crippen LogP contribution in [0.4, 0.5) is 5.13 Å². The molecule has 198 valence electrons. The Hall–Kier alpha value is -4.56. The van der Waals surface area contributed by atoms with E-state index >= 15 is 0 Å². The van der Waals surface area contributed by atoms with Gasteiger partial charge in [0.05, 0.1) is 12.3 Å². The summed E-state index contributed by atoms with van der Waals surface area (Å²) in [5.41, 5.74) is 3.80. The lowest BCUT2D eigenvalue weighted by molar-refractivity contribution is -0.131. The number of hydrogen-bond acceptors (Lipinski definition) is 6. The highest BCUT2D eigenvalue weighted by atomic mass is 32.1. The van der Waals surface area contributed by atoms with E-state index in [0.717, 1.165) is 27.8 Å². The average Bonchev–Trinajstić information content (AvgIpc) is 3.33. The number of rotatable bonds is 12. The highest BCUT2D eigenvalue weighted by Gasteiger charge is 2.17. The Morgan fingerprint density at radius 1 is 0.974 bits per heavy atom. The van der Waals surface area contributed by atoms with Gasteiger partial charge in [0, 0.05) is 46.9 Å². The van der Waals surface area contributed by atoms with Crippen LogP contribution in [0.2, 0.25) is 0 Å². The summed E-state index contributed by atoms with van der Waals surface area (Å²) in [5.74, 6) is -1.16. The Bertz CT molecular complexity index is 1480. The highest BCUT2D eigenvalue weighted by molar-refractivity contribution is 7.16. The molecule has 0 aliphatic rings. The number of Topliss-reactive ketones (excluding diaryl/α,β-unsaturated/α-hetero) is 1. The van der Waals surface area contributed by atoms with Crippen molar-refractivity contribution < 1.29 is 24.2 Å². The van der Waals surface area contributed by atoms with Gasteiger partial charge in [0.2, 0.25) is 5.91 Å². The Morgan fingerprint density at radius 3 is 2.38 bits per heavy atom. The van der Waals surface area contributed by atoms with Crippen LogP contribution in [0.25, 0.3) is 17.3 Å². The molecule has 0 unspecified atom stereocenters. The molecule has 3 aromatic carbocycles. The number of ketones is 1. The molecule has 1 heterocycles. The molecule has 1 aromatic heterocycles. The maximum Gasteiger partial charge on any atom is 0.328 e. The Kier molecular flexibility index (Phi) is 9.37. The smallest absolute Gasteiger partial charge is 0.328 e. The van der Waals surface area contributed by atoms with E-state index in [1.54, 1.807) is 18.2 Å². The number of aliphatic carboxylic acids is 1. The number of anilines is 1. The average molecular weight is 541 g/mol. The van der Waals surface area contributed by atoms with E-state index in [9.17, 15) is 14.4 Å². The van der Waals surface area contributed by atoms with Crippen molar-refractivity contribution in [1.29, 1.82) is 0 Å². The first kappa shape index (κ1) is 27.5. The van der Waals surface area contributed by atoms with Gasteiger partial charge in [-0.2, -0.15) is 0 Å². The van der Waals surface area contributed by atoms with Gasteiger partial charge in [-0.1, -0.05) is 60.7 Å². The predicted molar refractivity (Wildman–Crippen MR) is 153 cm³/mol. The fourth-order valence-electron chi connectivity index (χ4n) is 3.98. The molecule has 8 heteroatoms. The normalized spacial score (nSPS) is 10.9. The van der Waals surface area contributed by atoms with Gasteiger partial charge < -0.3 is 15.2 Å². The van der Waals surface area contributed by atoms with Crippen molar-refractivity contribution in [1.82, 2.24) is 4.98 Å². The summed E-state index contributed by atoms with van der Waals surface area (Å²) >= 11 is 1.43. The number of ether oxygens (including phenoxy) is 1. The topological polar surface area (TPSA) is 106 Å². The Labute approximate surface area is 230 Å². The summed E-state index contributed by atoms with van der Waals surface area (Å²) < 4.78 is 5.52. The molecule has 1 amide bonds. The molecule has 7 nitrogen and oxygen atoms in total. The minimum atomic E-state index is -1.10. The van der Waals surface area contributed by atoms with Gasteiger partial charge >= 0.3 is 5.97 Å². The highest BCUT2D eigenvalue weighted by Crippen LogP contribution is 2.33. The molecule has 4 aromatic rings. The minimum Gasteiger partial charge on any atom is -0.493 e. The van der Waals surface area contributed by atoms with Crippen LogP contribution in [0.15, 0.2) is 84.9 Å². The van der Waals surface area contributed by atoms with Crippen molar-refractivity contribution in [3.8, 4) is 17.0 Å². The lowest BCUT2D eigenvalue weighted by Crippen LogP contribution is -2.13. The van der Waals surface area contributed by atoms with E-state index in [1.165, 1.54) is 17.4 Å². The van der Waals surface area contributed by atoms with Crippen LogP contribution in [0.5, 0.6) is 5.75 Å². The maximum absolute atomic E-state index is 12.8. The number of nitrogens with zero attached hydrogens (tertiary/aromatic N) is 1. The fraction of sp³-hybridized carbons (Fsp3) is 0.161. The number of carboxylic acids is 1. The number of hydrogen-bond donors (Lipinski definition) is 2. The molecule has 0 spiro atoms. The van der Waals surface area contributed by atoms with E-state index in [2.05, 4.69) is 17.4 Å². The third kappa shape index (κ3) is 7.72. The summed E-state index contributed by atoms with van der Waals surface area (Å²) in [5, 5.41) is 12.3. The molecule has 39 heavy (non-hydrogen) atoms. The molecular weight excluding hydrogens is 512 g/mol. The summed E-state index contributed by atoms with van der Waals surface area (Å²) in [6.45, 7) is 2.22. The van der Waals surface area contributed by atoms with Crippen molar-refractivity contribution in [3.63, 3.8) is 0 Å². The van der Waals surface area contributed by atoms with Gasteiger partial charge in [-0.15, -0.1) is 11.3 Å². The second-order valence-electron chi connectivity index (χ2n) is 8.65. The number of thiazole rings is 1. The SMILES string of the molecule is CCOc1ccc(C(=O)CCC(=O)Nc2nc(-c3ccccc3)c(Cc3ccccc3)s2)cc1/C=C/C(=O)O. The molecular formula is C31H28N2O5S. The van der Waals surface area contributed by atoms with Crippen LogP contribution >= 0.6 is 11.3 Å². The first-order valence-electron chi connectivity index (χ1n) is 12.5. The van der Waals surface area contributed by atoms with Crippen molar-refractivity contribution in [2.24, 2.45) is 0 Å². The second kappa shape index (κ2) is 13.3. The summed E-state index contributed by atoms with van der Waals surface area (Å²) in [7, 11) is 0. The van der Waals surface area contributed by atoms with Crippen LogP contribution in [0.1, 0.15) is 46.1 Å². The number of aromatic nitrogens is 1. The summed E-state index contributed by atoms with van der Waals surface area (Å²) in [6, 6.07) is 24.7. The zero-order valence-corrected chi connectivity index (χ0v) is 22.2. The summed E-state index contributed by atoms with van der Waals surface area (Å²) in [4.78, 5) is 42.3. The maximum atomic E-state index is 12.8. The molecule has 0 bridgehead atoms. The third-order valence-corrected chi connectivity index (χ3v) is 6.79. The lowest BCUT2D eigenvalue weighted by Gasteiger charge is -2.09. The van der Waals surface area contributed by atoms with Crippen molar-refractivity contribution in [2.75, 3.05) is 11.9 Å². The van der Waals surface area contributed by atoms with Gasteiger partial charge in [-0.05, 0) is 36.8 Å². The summed E-state index contributed by atoms with van der Waals surface area (Å²) in [6.07, 6.45) is 3.05. The quantitative estimate of drug-likeness (QED) is 0.157. The molecule has 0 fully saturated rings. The van der Waals surface area contributed by atoms with E-state index in [0.29, 0.717) is 35.0 Å². The number of carbonyl (C=O) groups is 3. The zero-order chi connectivity index (χ0) is 27.6. The van der Waals surface area contributed by atoms with Crippen molar-refractivity contribution in [3.05, 3.63) is 107 Å². The number of benzene rings is 3.